The Kier molecular flexibility index (Phi) is 8.63. The number of anilines is 2. The van der Waals surface area contributed by atoms with Gasteiger partial charge in [-0.2, -0.15) is 14.9 Å². The molecule has 1 aliphatic carbocycles. The van der Waals surface area contributed by atoms with Gasteiger partial charge in [0.05, 0.1) is 28.6 Å². The van der Waals surface area contributed by atoms with Gasteiger partial charge >= 0.3 is 6.30 Å². The highest BCUT2D eigenvalue weighted by Gasteiger charge is 2.48. The van der Waals surface area contributed by atoms with Gasteiger partial charge in [0.1, 0.15) is 29.3 Å². The summed E-state index contributed by atoms with van der Waals surface area (Å²) >= 11 is 0. The second-order valence-corrected chi connectivity index (χ2v) is 16.9. The van der Waals surface area contributed by atoms with Crippen molar-refractivity contribution in [3.05, 3.63) is 84.8 Å². The number of rotatable bonds is 8. The predicted octanol–water partition coefficient (Wildman–Crippen LogP) is 5.67. The van der Waals surface area contributed by atoms with Crippen LogP contribution in [0.4, 0.5) is 24.7 Å². The zero-order valence-electron chi connectivity index (χ0n) is 32.5. The molecule has 3 aromatic heterocycles. The van der Waals surface area contributed by atoms with Gasteiger partial charge in [-0.25, -0.2) is 14.6 Å². The average Bonchev–Trinajstić information content (AvgIpc) is 3.97. The van der Waals surface area contributed by atoms with Gasteiger partial charge in [-0.15, -0.1) is 13.2 Å². The Hall–Kier alpha value is -6.07. The summed E-state index contributed by atoms with van der Waals surface area (Å²) in [6.45, 7) is 5.52. The minimum atomic E-state index is -4.76. The van der Waals surface area contributed by atoms with E-state index in [0.717, 1.165) is 85.9 Å². The monoisotopic (exact) mass is 817 g/mol. The van der Waals surface area contributed by atoms with Crippen LogP contribution in [0.15, 0.2) is 79.1 Å². The molecule has 0 radical (unpaired) electrons. The number of imide groups is 1. The normalized spacial score (nSPS) is 24.2. The minimum Gasteiger partial charge on any atom is -0.457 e. The number of hydrogen-bond acceptors (Lipinski definition) is 11. The van der Waals surface area contributed by atoms with E-state index in [0.29, 0.717) is 35.4 Å². The molecule has 14 nitrogen and oxygen atoms in total. The SMILES string of the molecule is Nc1ncnc2c1c(-c1ccc(Oc3ccccc3)cc1)nn2C1CC2CN(C3CN(C4CN(c5ccc6c(C7CCC(=O)NC7=O)nn(C(F)(F)F)c6c5)C4)C3)CC2C1. The van der Waals surface area contributed by atoms with Crippen molar-refractivity contribution >= 4 is 45.3 Å². The number of amides is 2. The number of halogens is 3. The number of hydrogen-bond donors (Lipinski definition) is 2. The zero-order valence-corrected chi connectivity index (χ0v) is 32.5. The quantitative estimate of drug-likeness (QED) is 0.183. The summed E-state index contributed by atoms with van der Waals surface area (Å²) in [5.41, 5.74) is 9.55. The molecule has 308 valence electrons. The summed E-state index contributed by atoms with van der Waals surface area (Å²) in [5, 5.41) is 12.3. The number of alkyl halides is 3. The molecule has 1 saturated carbocycles. The molecule has 3 aromatic carbocycles. The van der Waals surface area contributed by atoms with Gasteiger partial charge in [0.25, 0.3) is 0 Å². The van der Waals surface area contributed by atoms with Crippen molar-refractivity contribution in [2.24, 2.45) is 11.8 Å². The van der Waals surface area contributed by atoms with Crippen LogP contribution in [-0.4, -0.2) is 102 Å². The van der Waals surface area contributed by atoms with E-state index in [2.05, 4.69) is 39.8 Å². The smallest absolute Gasteiger partial charge is 0.457 e. The number of carbonyl (C=O) groups is 2. The molecule has 3 N–H and O–H groups in total. The van der Waals surface area contributed by atoms with Gasteiger partial charge in [-0.05, 0) is 85.7 Å². The van der Waals surface area contributed by atoms with Crippen molar-refractivity contribution in [2.45, 2.75) is 56.0 Å². The van der Waals surface area contributed by atoms with Crippen LogP contribution < -0.4 is 20.7 Å². The molecule has 4 aliphatic heterocycles. The molecule has 2 amide bonds. The van der Waals surface area contributed by atoms with Crippen LogP contribution in [0.1, 0.15) is 43.3 Å². The second kappa shape index (κ2) is 14.0. The van der Waals surface area contributed by atoms with Gasteiger partial charge in [0, 0.05) is 74.4 Å². The summed E-state index contributed by atoms with van der Waals surface area (Å²) in [6, 6.07) is 23.5. The van der Waals surface area contributed by atoms with Crippen LogP contribution in [0, 0.1) is 11.8 Å². The highest BCUT2D eigenvalue weighted by Crippen LogP contribution is 2.47. The third kappa shape index (κ3) is 6.33. The van der Waals surface area contributed by atoms with Crippen molar-refractivity contribution < 1.29 is 27.5 Å². The molecule has 4 saturated heterocycles. The molecule has 60 heavy (non-hydrogen) atoms. The molecule has 3 atom stereocenters. The summed E-state index contributed by atoms with van der Waals surface area (Å²) < 4.78 is 50.6. The summed E-state index contributed by atoms with van der Waals surface area (Å²) in [4.78, 5) is 40.4. The number of aromatic nitrogens is 6. The second-order valence-electron chi connectivity index (χ2n) is 16.9. The van der Waals surface area contributed by atoms with Crippen LogP contribution in [0.3, 0.4) is 0 Å². The summed E-state index contributed by atoms with van der Waals surface area (Å²) in [5.74, 6) is 1.08. The third-order valence-corrected chi connectivity index (χ3v) is 13.4. The van der Waals surface area contributed by atoms with E-state index >= 15 is 0 Å². The van der Waals surface area contributed by atoms with E-state index in [1.807, 2.05) is 54.6 Å². The van der Waals surface area contributed by atoms with Crippen LogP contribution >= 0.6 is 0 Å². The Labute approximate surface area is 342 Å². The lowest BCUT2D eigenvalue weighted by Crippen LogP contribution is -2.69. The van der Waals surface area contributed by atoms with E-state index in [4.69, 9.17) is 15.6 Å². The van der Waals surface area contributed by atoms with E-state index in [-0.39, 0.29) is 40.2 Å². The maximum atomic E-state index is 14.1. The molecule has 0 spiro atoms. The average molecular weight is 818 g/mol. The molecule has 0 bridgehead atoms. The third-order valence-electron chi connectivity index (χ3n) is 13.4. The first kappa shape index (κ1) is 37.0. The number of piperidine rings is 1. The Balaban J connectivity index is 0.712. The Morgan fingerprint density at radius 1 is 0.783 bits per heavy atom. The van der Waals surface area contributed by atoms with Crippen molar-refractivity contribution in [3.8, 4) is 22.8 Å². The van der Waals surface area contributed by atoms with Gasteiger partial charge in [0.15, 0.2) is 5.65 Å². The van der Waals surface area contributed by atoms with Gasteiger partial charge in [0.2, 0.25) is 11.8 Å². The standard InChI is InChI=1S/C43H42F3N11O3/c44-43(45,46)57-35-16-27(8-11-33(35)39(52-57)34-12-13-36(58)50-42(34)59)54-19-30(20-54)55-21-29(22-55)53-17-25-14-28(15-26(25)18-53)56-41-37(40(47)48-23-49-41)38(51-56)24-6-9-32(10-7-24)60-31-4-2-1-3-5-31/h1-11,16,23,25-26,28-30,34H,12-15,17-22H2,(H2,47,48,49)(H,50,58,59). The summed E-state index contributed by atoms with van der Waals surface area (Å²) in [6.07, 6.45) is -1.03. The van der Waals surface area contributed by atoms with Gasteiger partial charge < -0.3 is 15.4 Å². The van der Waals surface area contributed by atoms with E-state index in [1.165, 1.54) is 12.4 Å². The fraction of sp³-hybridized carbons (Fsp3) is 0.395. The number of nitrogens with one attached hydrogen (secondary N) is 1. The fourth-order valence-electron chi connectivity index (χ4n) is 10.2. The molecule has 5 fully saturated rings. The highest BCUT2D eigenvalue weighted by molar-refractivity contribution is 6.03. The van der Waals surface area contributed by atoms with Crippen molar-refractivity contribution in [2.75, 3.05) is 49.9 Å². The molecule has 3 unspecified atom stereocenters. The number of nitrogen functional groups attached to an aromatic ring is 1. The topological polar surface area (TPSA) is 153 Å². The fourth-order valence-corrected chi connectivity index (χ4v) is 10.2. The maximum Gasteiger partial charge on any atom is 0.505 e. The van der Waals surface area contributed by atoms with E-state index < -0.39 is 24.0 Å². The van der Waals surface area contributed by atoms with Gasteiger partial charge in [-0.3, -0.25) is 24.7 Å². The van der Waals surface area contributed by atoms with Crippen molar-refractivity contribution in [3.63, 3.8) is 0 Å². The number of carbonyl (C=O) groups excluding carboxylic acids is 2. The minimum absolute atomic E-state index is 0.0464. The first-order valence-corrected chi connectivity index (χ1v) is 20.5. The maximum absolute atomic E-state index is 14.1. The van der Waals surface area contributed by atoms with Gasteiger partial charge in [-0.1, -0.05) is 18.2 Å². The number of nitrogens with zero attached hydrogens (tertiary/aromatic N) is 9. The number of likely N-dealkylation sites (tertiary alicyclic amines) is 2. The lowest BCUT2D eigenvalue weighted by atomic mass is 9.92. The van der Waals surface area contributed by atoms with E-state index in [9.17, 15) is 22.8 Å². The number of benzene rings is 3. The lowest BCUT2D eigenvalue weighted by molar-refractivity contribution is -0.209. The molecule has 5 aliphatic rings. The number of ether oxygens (including phenoxy) is 1. The van der Waals surface area contributed by atoms with Crippen LogP contribution in [-0.2, 0) is 15.9 Å². The van der Waals surface area contributed by atoms with Crippen LogP contribution in [0.2, 0.25) is 0 Å². The number of fused-ring (bicyclic) bond motifs is 3. The van der Waals surface area contributed by atoms with E-state index in [1.54, 1.807) is 12.1 Å². The molecular weight excluding hydrogens is 776 g/mol. The molecule has 7 heterocycles. The largest absolute Gasteiger partial charge is 0.505 e. The van der Waals surface area contributed by atoms with Crippen molar-refractivity contribution in [1.82, 2.24) is 44.6 Å². The van der Waals surface area contributed by atoms with Crippen LogP contribution in [0.5, 0.6) is 11.5 Å². The molecule has 17 heteroatoms. The highest BCUT2D eigenvalue weighted by atomic mass is 19.4. The van der Waals surface area contributed by atoms with Crippen molar-refractivity contribution in [1.29, 1.82) is 0 Å². The predicted molar refractivity (Wildman–Crippen MR) is 216 cm³/mol. The Morgan fingerprint density at radius 2 is 1.48 bits per heavy atom. The zero-order chi connectivity index (χ0) is 40.9. The number of nitrogens with two attached hydrogens (primary N) is 1. The molecule has 6 aromatic rings. The molecule has 11 rings (SSSR count). The Morgan fingerprint density at radius 3 is 2.20 bits per heavy atom. The lowest BCUT2D eigenvalue weighted by Gasteiger charge is -2.54. The first-order valence-electron chi connectivity index (χ1n) is 20.5. The Bertz CT molecular complexity index is 2620. The summed E-state index contributed by atoms with van der Waals surface area (Å²) in [7, 11) is 0. The number of para-hydroxylation sites is 1. The first-order chi connectivity index (χ1) is 29.0. The van der Waals surface area contributed by atoms with Crippen LogP contribution in [0.25, 0.3) is 33.2 Å². The molecular formula is C43H42F3N11O3.